The minimum Gasteiger partial charge on any atom is -0.326 e. The van der Waals surface area contributed by atoms with Crippen LogP contribution in [0.15, 0.2) is 0 Å². The molecule has 2 N–H and O–H groups in total. The quantitative estimate of drug-likeness (QED) is 0.717. The number of thioether (sulfide) groups is 1. The second-order valence-corrected chi connectivity index (χ2v) is 5.05. The molecule has 2 nitrogen and oxygen atoms in total. The van der Waals surface area contributed by atoms with Gasteiger partial charge in [0.25, 0.3) is 0 Å². The van der Waals surface area contributed by atoms with Crippen LogP contribution in [-0.4, -0.2) is 42.1 Å². The molecule has 1 heterocycles. The molecule has 1 aliphatic heterocycles. The zero-order valence-electron chi connectivity index (χ0n) is 8.12. The number of nitrogens with zero attached hydrogens (tertiary/aromatic N) is 1. The van der Waals surface area contributed by atoms with E-state index in [-0.39, 0.29) is 0 Å². The summed E-state index contributed by atoms with van der Waals surface area (Å²) in [5, 5.41) is 0. The Labute approximate surface area is 79.9 Å². The average Bonchev–Trinajstić information content (AvgIpc) is 2.06. The van der Waals surface area contributed by atoms with E-state index in [9.17, 15) is 0 Å². The maximum atomic E-state index is 6.00. The molecule has 0 aromatic rings. The monoisotopic (exact) mass is 188 g/mol. The first kappa shape index (κ1) is 10.4. The van der Waals surface area contributed by atoms with Gasteiger partial charge in [-0.2, -0.15) is 11.8 Å². The van der Waals surface area contributed by atoms with Crippen molar-refractivity contribution < 1.29 is 0 Å². The highest BCUT2D eigenvalue weighted by molar-refractivity contribution is 7.99. The van der Waals surface area contributed by atoms with Crippen LogP contribution in [-0.2, 0) is 0 Å². The van der Waals surface area contributed by atoms with Crippen molar-refractivity contribution in [1.29, 1.82) is 0 Å². The van der Waals surface area contributed by atoms with Gasteiger partial charge in [0.1, 0.15) is 0 Å². The highest BCUT2D eigenvalue weighted by Gasteiger charge is 2.15. The van der Waals surface area contributed by atoms with Crippen LogP contribution < -0.4 is 5.73 Å². The Balaban J connectivity index is 2.20. The van der Waals surface area contributed by atoms with E-state index in [1.54, 1.807) is 0 Å². The number of hydrogen-bond donors (Lipinski definition) is 1. The summed E-state index contributed by atoms with van der Waals surface area (Å²) in [6.07, 6.45) is 0. The lowest BCUT2D eigenvalue weighted by Crippen LogP contribution is -2.44. The van der Waals surface area contributed by atoms with Gasteiger partial charge in [-0.15, -0.1) is 0 Å². The highest BCUT2D eigenvalue weighted by Crippen LogP contribution is 2.10. The molecule has 1 unspecified atom stereocenters. The van der Waals surface area contributed by atoms with Gasteiger partial charge in [0.05, 0.1) is 0 Å². The second-order valence-electron chi connectivity index (χ2n) is 3.82. The van der Waals surface area contributed by atoms with Crippen LogP contribution in [0.5, 0.6) is 0 Å². The summed E-state index contributed by atoms with van der Waals surface area (Å²) < 4.78 is 0. The normalized spacial score (nSPS) is 23.0. The van der Waals surface area contributed by atoms with E-state index < -0.39 is 0 Å². The van der Waals surface area contributed by atoms with Crippen LogP contribution >= 0.6 is 11.8 Å². The zero-order valence-corrected chi connectivity index (χ0v) is 8.94. The molecule has 12 heavy (non-hydrogen) atoms. The lowest BCUT2D eigenvalue weighted by molar-refractivity contribution is 0.259. The molecular weight excluding hydrogens is 168 g/mol. The van der Waals surface area contributed by atoms with Gasteiger partial charge >= 0.3 is 0 Å². The van der Waals surface area contributed by atoms with Gasteiger partial charge in [-0.25, -0.2) is 0 Å². The van der Waals surface area contributed by atoms with Crippen molar-refractivity contribution in [2.24, 2.45) is 11.7 Å². The van der Waals surface area contributed by atoms with Gasteiger partial charge in [-0.3, -0.25) is 0 Å². The summed E-state index contributed by atoms with van der Waals surface area (Å²) in [6, 6.07) is 0.355. The van der Waals surface area contributed by atoms with Crippen LogP contribution in [0.1, 0.15) is 13.8 Å². The Bertz CT molecular complexity index is 122. The Kier molecular flexibility index (Phi) is 4.40. The molecular formula is C9H20N2S. The van der Waals surface area contributed by atoms with Crippen LogP contribution in [0, 0.1) is 5.92 Å². The number of rotatable bonds is 3. The summed E-state index contributed by atoms with van der Waals surface area (Å²) in [7, 11) is 0. The molecule has 1 aliphatic rings. The third kappa shape index (κ3) is 3.33. The van der Waals surface area contributed by atoms with Crippen molar-refractivity contribution in [2.75, 3.05) is 31.1 Å². The third-order valence-corrected chi connectivity index (χ3v) is 3.37. The molecule has 0 saturated carbocycles. The van der Waals surface area contributed by atoms with E-state index in [0.29, 0.717) is 12.0 Å². The fourth-order valence-electron chi connectivity index (χ4n) is 1.29. The summed E-state index contributed by atoms with van der Waals surface area (Å²) in [6.45, 7) is 7.93. The SMILES string of the molecule is CC(C)C(N)CN1CCSCC1. The standard InChI is InChI=1S/C9H20N2S/c1-8(2)9(10)7-11-3-5-12-6-4-11/h8-9H,3-7,10H2,1-2H3. The van der Waals surface area contributed by atoms with Gasteiger partial charge in [0, 0.05) is 37.2 Å². The van der Waals surface area contributed by atoms with E-state index in [2.05, 4.69) is 30.5 Å². The topological polar surface area (TPSA) is 29.3 Å². The summed E-state index contributed by atoms with van der Waals surface area (Å²) in [5.41, 5.74) is 6.00. The predicted molar refractivity (Wildman–Crippen MR) is 56.6 cm³/mol. The van der Waals surface area contributed by atoms with Crippen molar-refractivity contribution in [3.05, 3.63) is 0 Å². The largest absolute Gasteiger partial charge is 0.326 e. The van der Waals surface area contributed by atoms with E-state index in [4.69, 9.17) is 5.73 Å². The third-order valence-electron chi connectivity index (χ3n) is 2.43. The molecule has 0 aromatic heterocycles. The molecule has 1 saturated heterocycles. The van der Waals surface area contributed by atoms with E-state index in [1.807, 2.05) is 0 Å². The molecule has 0 aromatic carbocycles. The van der Waals surface area contributed by atoms with E-state index >= 15 is 0 Å². The maximum absolute atomic E-state index is 6.00. The molecule has 1 fully saturated rings. The van der Waals surface area contributed by atoms with Crippen molar-refractivity contribution in [3.8, 4) is 0 Å². The van der Waals surface area contributed by atoms with Crippen molar-refractivity contribution in [3.63, 3.8) is 0 Å². The molecule has 0 aliphatic carbocycles. The molecule has 0 spiro atoms. The van der Waals surface area contributed by atoms with E-state index in [0.717, 1.165) is 6.54 Å². The Morgan fingerprint density at radius 3 is 2.42 bits per heavy atom. The van der Waals surface area contributed by atoms with Gasteiger partial charge in [0.2, 0.25) is 0 Å². The molecule has 1 rings (SSSR count). The highest BCUT2D eigenvalue weighted by atomic mass is 32.2. The van der Waals surface area contributed by atoms with Crippen LogP contribution in [0.25, 0.3) is 0 Å². The first-order chi connectivity index (χ1) is 5.70. The average molecular weight is 188 g/mol. The summed E-state index contributed by atoms with van der Waals surface area (Å²) in [5.74, 6) is 3.18. The van der Waals surface area contributed by atoms with Crippen LogP contribution in [0.4, 0.5) is 0 Å². The lowest BCUT2D eigenvalue weighted by atomic mass is 10.1. The number of nitrogens with two attached hydrogens (primary N) is 1. The minimum atomic E-state index is 0.355. The Hall–Kier alpha value is 0.270. The fraction of sp³-hybridized carbons (Fsp3) is 1.00. The molecule has 0 radical (unpaired) electrons. The first-order valence-corrected chi connectivity index (χ1v) is 5.91. The van der Waals surface area contributed by atoms with Crippen molar-refractivity contribution >= 4 is 11.8 Å². The Morgan fingerprint density at radius 2 is 1.92 bits per heavy atom. The smallest absolute Gasteiger partial charge is 0.0191 e. The predicted octanol–water partition coefficient (Wildman–Crippen LogP) is 1.02. The first-order valence-electron chi connectivity index (χ1n) is 4.76. The second kappa shape index (κ2) is 5.10. The molecule has 1 atom stereocenters. The summed E-state index contributed by atoms with van der Waals surface area (Å²) in [4.78, 5) is 2.49. The number of hydrogen-bond acceptors (Lipinski definition) is 3. The van der Waals surface area contributed by atoms with Gasteiger partial charge in [-0.05, 0) is 5.92 Å². The molecule has 0 amide bonds. The van der Waals surface area contributed by atoms with Crippen molar-refractivity contribution in [2.45, 2.75) is 19.9 Å². The van der Waals surface area contributed by atoms with Crippen molar-refractivity contribution in [1.82, 2.24) is 4.90 Å². The lowest BCUT2D eigenvalue weighted by Gasteiger charge is -2.29. The molecule has 0 bridgehead atoms. The zero-order chi connectivity index (χ0) is 8.97. The van der Waals surface area contributed by atoms with E-state index in [1.165, 1.54) is 24.6 Å². The summed E-state index contributed by atoms with van der Waals surface area (Å²) >= 11 is 2.05. The maximum Gasteiger partial charge on any atom is 0.0191 e. The Morgan fingerprint density at radius 1 is 1.33 bits per heavy atom. The van der Waals surface area contributed by atoms with Gasteiger partial charge in [-0.1, -0.05) is 13.8 Å². The molecule has 72 valence electrons. The molecule has 3 heteroatoms. The fourth-order valence-corrected chi connectivity index (χ4v) is 2.27. The van der Waals surface area contributed by atoms with Gasteiger partial charge < -0.3 is 10.6 Å². The minimum absolute atomic E-state index is 0.355. The van der Waals surface area contributed by atoms with Crippen LogP contribution in [0.3, 0.4) is 0 Å². The van der Waals surface area contributed by atoms with Gasteiger partial charge in [0.15, 0.2) is 0 Å². The van der Waals surface area contributed by atoms with Crippen LogP contribution in [0.2, 0.25) is 0 Å².